The van der Waals surface area contributed by atoms with Gasteiger partial charge in [-0.05, 0) is 25.1 Å². The fourth-order valence-corrected chi connectivity index (χ4v) is 2.16. The Hall–Kier alpha value is -1.89. The molecule has 0 saturated carbocycles. The molecular weight excluding hydrogens is 281 g/mol. The van der Waals surface area contributed by atoms with E-state index in [-0.39, 0.29) is 6.42 Å². The number of halogens is 3. The third kappa shape index (κ3) is 4.29. The Labute approximate surface area is 121 Å². The van der Waals surface area contributed by atoms with E-state index < -0.39 is 18.6 Å². The molecule has 0 saturated heterocycles. The minimum atomic E-state index is -4.17. The summed E-state index contributed by atoms with van der Waals surface area (Å²) in [6.45, 7) is 2.43. The third-order valence-electron chi connectivity index (χ3n) is 3.10. The van der Waals surface area contributed by atoms with E-state index in [1.807, 2.05) is 37.3 Å². The van der Waals surface area contributed by atoms with E-state index >= 15 is 0 Å². The number of nitrogens with zero attached hydrogens (tertiary/aromatic N) is 3. The zero-order valence-corrected chi connectivity index (χ0v) is 11.6. The topological polar surface area (TPSA) is 42.7 Å². The SMILES string of the molecule is CCNC(CCC(F)(F)F)c1cnnn1-c1ccccc1. The van der Waals surface area contributed by atoms with E-state index in [9.17, 15) is 13.2 Å². The molecule has 0 bridgehead atoms. The fourth-order valence-electron chi connectivity index (χ4n) is 2.16. The number of hydrogen-bond donors (Lipinski definition) is 1. The van der Waals surface area contributed by atoms with Crippen LogP contribution in [0, 0.1) is 0 Å². The largest absolute Gasteiger partial charge is 0.389 e. The van der Waals surface area contributed by atoms with Gasteiger partial charge in [0.25, 0.3) is 0 Å². The zero-order chi connectivity index (χ0) is 15.3. The van der Waals surface area contributed by atoms with E-state index in [1.54, 1.807) is 4.68 Å². The van der Waals surface area contributed by atoms with E-state index in [0.29, 0.717) is 12.2 Å². The van der Waals surface area contributed by atoms with Gasteiger partial charge in [0.2, 0.25) is 0 Å². The van der Waals surface area contributed by atoms with Gasteiger partial charge in [-0.15, -0.1) is 5.10 Å². The molecule has 1 N–H and O–H groups in total. The van der Waals surface area contributed by atoms with Crippen LogP contribution >= 0.6 is 0 Å². The van der Waals surface area contributed by atoms with E-state index in [2.05, 4.69) is 15.6 Å². The normalized spacial score (nSPS) is 13.3. The first-order chi connectivity index (χ1) is 10.0. The van der Waals surface area contributed by atoms with Crippen molar-refractivity contribution in [2.45, 2.75) is 32.0 Å². The lowest BCUT2D eigenvalue weighted by Crippen LogP contribution is -2.25. The Kier molecular flexibility index (Phi) is 4.95. The van der Waals surface area contributed by atoms with Crippen molar-refractivity contribution in [3.8, 4) is 5.69 Å². The number of rotatable bonds is 6. The van der Waals surface area contributed by atoms with Crippen LogP contribution in [0.4, 0.5) is 13.2 Å². The lowest BCUT2D eigenvalue weighted by atomic mass is 10.1. The van der Waals surface area contributed by atoms with Crippen molar-refractivity contribution in [1.29, 1.82) is 0 Å². The monoisotopic (exact) mass is 298 g/mol. The van der Waals surface area contributed by atoms with Gasteiger partial charge in [-0.1, -0.05) is 30.3 Å². The highest BCUT2D eigenvalue weighted by Crippen LogP contribution is 2.28. The summed E-state index contributed by atoms with van der Waals surface area (Å²) in [7, 11) is 0. The Bertz CT molecular complexity index is 551. The van der Waals surface area contributed by atoms with Crippen molar-refractivity contribution < 1.29 is 13.2 Å². The van der Waals surface area contributed by atoms with Gasteiger partial charge in [0.05, 0.1) is 23.6 Å². The molecule has 21 heavy (non-hydrogen) atoms. The van der Waals surface area contributed by atoms with Gasteiger partial charge in [-0.2, -0.15) is 13.2 Å². The standard InChI is InChI=1S/C14H17F3N4/c1-2-18-12(8-9-14(15,16)17)13-10-19-20-21(13)11-6-4-3-5-7-11/h3-7,10,12,18H,2,8-9H2,1H3. The maximum Gasteiger partial charge on any atom is 0.389 e. The molecule has 4 nitrogen and oxygen atoms in total. The van der Waals surface area contributed by atoms with Crippen LogP contribution in [0.1, 0.15) is 31.5 Å². The molecule has 0 aliphatic rings. The Morgan fingerprint density at radius 2 is 1.95 bits per heavy atom. The highest BCUT2D eigenvalue weighted by Gasteiger charge is 2.29. The minimum Gasteiger partial charge on any atom is -0.309 e. The maximum atomic E-state index is 12.5. The van der Waals surface area contributed by atoms with Crippen LogP contribution in [0.25, 0.3) is 5.69 Å². The molecule has 0 aliphatic carbocycles. The second-order valence-corrected chi connectivity index (χ2v) is 4.67. The molecule has 2 rings (SSSR count). The average Bonchev–Trinajstić information content (AvgIpc) is 2.92. The van der Waals surface area contributed by atoms with Crippen LogP contribution in [0.5, 0.6) is 0 Å². The van der Waals surface area contributed by atoms with Crippen LogP contribution in [0.2, 0.25) is 0 Å². The maximum absolute atomic E-state index is 12.5. The van der Waals surface area contributed by atoms with Crippen molar-refractivity contribution in [2.24, 2.45) is 0 Å². The summed E-state index contributed by atoms with van der Waals surface area (Å²) in [5, 5.41) is 10.9. The molecule has 0 fully saturated rings. The van der Waals surface area contributed by atoms with Crippen LogP contribution in [-0.4, -0.2) is 27.7 Å². The predicted molar refractivity (Wildman–Crippen MR) is 73.1 cm³/mol. The van der Waals surface area contributed by atoms with Gasteiger partial charge in [0, 0.05) is 6.42 Å². The summed E-state index contributed by atoms with van der Waals surface area (Å²) in [6, 6.07) is 8.80. The van der Waals surface area contributed by atoms with Crippen molar-refractivity contribution in [1.82, 2.24) is 20.3 Å². The van der Waals surface area contributed by atoms with Gasteiger partial charge in [-0.3, -0.25) is 0 Å². The summed E-state index contributed by atoms with van der Waals surface area (Å²) < 4.78 is 38.9. The van der Waals surface area contributed by atoms with Gasteiger partial charge in [0.15, 0.2) is 0 Å². The Morgan fingerprint density at radius 1 is 1.24 bits per heavy atom. The highest BCUT2D eigenvalue weighted by atomic mass is 19.4. The highest BCUT2D eigenvalue weighted by molar-refractivity contribution is 5.32. The first-order valence-corrected chi connectivity index (χ1v) is 6.77. The zero-order valence-electron chi connectivity index (χ0n) is 11.6. The molecule has 2 aromatic rings. The lowest BCUT2D eigenvalue weighted by Gasteiger charge is -2.19. The second-order valence-electron chi connectivity index (χ2n) is 4.67. The van der Waals surface area contributed by atoms with E-state index in [4.69, 9.17) is 0 Å². The molecule has 0 amide bonds. The van der Waals surface area contributed by atoms with Gasteiger partial charge in [-0.25, -0.2) is 4.68 Å². The number of alkyl halides is 3. The molecule has 0 aliphatic heterocycles. The van der Waals surface area contributed by atoms with Gasteiger partial charge >= 0.3 is 6.18 Å². The van der Waals surface area contributed by atoms with Crippen molar-refractivity contribution in [3.05, 3.63) is 42.2 Å². The predicted octanol–water partition coefficient (Wildman–Crippen LogP) is 3.26. The lowest BCUT2D eigenvalue weighted by molar-refractivity contribution is -0.136. The molecular formula is C14H17F3N4. The first-order valence-electron chi connectivity index (χ1n) is 6.77. The molecule has 1 atom stereocenters. The third-order valence-corrected chi connectivity index (χ3v) is 3.10. The number of benzene rings is 1. The molecule has 7 heteroatoms. The van der Waals surface area contributed by atoms with Gasteiger partial charge < -0.3 is 5.32 Å². The summed E-state index contributed by atoms with van der Waals surface area (Å²) in [6.07, 6.45) is -3.54. The first kappa shape index (κ1) is 15.5. The van der Waals surface area contributed by atoms with Crippen molar-refractivity contribution in [2.75, 3.05) is 6.54 Å². The smallest absolute Gasteiger partial charge is 0.309 e. The van der Waals surface area contributed by atoms with Crippen LogP contribution in [0.15, 0.2) is 36.5 Å². The Balaban J connectivity index is 2.23. The molecule has 0 radical (unpaired) electrons. The van der Waals surface area contributed by atoms with Crippen LogP contribution in [0.3, 0.4) is 0 Å². The summed E-state index contributed by atoms with van der Waals surface area (Å²) in [5.41, 5.74) is 1.41. The molecule has 1 aromatic heterocycles. The molecule has 1 unspecified atom stereocenters. The summed E-state index contributed by atoms with van der Waals surface area (Å²) >= 11 is 0. The van der Waals surface area contributed by atoms with Crippen LogP contribution in [-0.2, 0) is 0 Å². The second kappa shape index (κ2) is 6.71. The number of nitrogens with one attached hydrogen (secondary N) is 1. The molecule has 1 heterocycles. The van der Waals surface area contributed by atoms with Crippen molar-refractivity contribution in [3.63, 3.8) is 0 Å². The van der Waals surface area contributed by atoms with E-state index in [1.165, 1.54) is 6.20 Å². The molecule has 0 spiro atoms. The average molecular weight is 298 g/mol. The van der Waals surface area contributed by atoms with E-state index in [0.717, 1.165) is 5.69 Å². The fraction of sp³-hybridized carbons (Fsp3) is 0.429. The number of aromatic nitrogens is 3. The number of para-hydroxylation sites is 1. The molecule has 114 valence electrons. The van der Waals surface area contributed by atoms with Gasteiger partial charge in [0.1, 0.15) is 0 Å². The molecule has 1 aromatic carbocycles. The summed E-state index contributed by atoms with van der Waals surface area (Å²) in [5.74, 6) is 0. The number of hydrogen-bond acceptors (Lipinski definition) is 3. The van der Waals surface area contributed by atoms with Crippen molar-refractivity contribution >= 4 is 0 Å². The minimum absolute atomic E-state index is 0.0441. The summed E-state index contributed by atoms with van der Waals surface area (Å²) in [4.78, 5) is 0. The van der Waals surface area contributed by atoms with Crippen LogP contribution < -0.4 is 5.32 Å². The Morgan fingerprint density at radius 3 is 2.57 bits per heavy atom. The quantitative estimate of drug-likeness (QED) is 0.890.